The number of thioether (sulfide) groups is 1. The second-order valence-corrected chi connectivity index (χ2v) is 14.4. The summed E-state index contributed by atoms with van der Waals surface area (Å²) in [6, 6.07) is 1.62. The molecule has 0 aromatic heterocycles. The Morgan fingerprint density at radius 3 is 2.60 bits per heavy atom. The van der Waals surface area contributed by atoms with Gasteiger partial charge in [0, 0.05) is 41.5 Å². The minimum absolute atomic E-state index is 0.0273. The molecule has 2 aromatic carbocycles. The first kappa shape index (κ1) is 34.0. The number of ether oxygens (including phenoxy) is 6. The average Bonchev–Trinajstić information content (AvgIpc) is 3.57. The van der Waals surface area contributed by atoms with E-state index in [4.69, 9.17) is 28.4 Å². The number of rotatable bonds is 5. The molecule has 14 heteroatoms. The van der Waals surface area contributed by atoms with Crippen LogP contribution < -0.4 is 24.3 Å². The molecule has 6 heterocycles. The van der Waals surface area contributed by atoms with Gasteiger partial charge in [-0.3, -0.25) is 14.6 Å². The van der Waals surface area contributed by atoms with Gasteiger partial charge in [0.1, 0.15) is 36.8 Å². The Morgan fingerprint density at radius 1 is 1.14 bits per heavy atom. The highest BCUT2D eigenvalue weighted by Gasteiger charge is 2.60. The number of aryl methyl sites for hydroxylation is 1. The molecule has 1 N–H and O–H groups in total. The van der Waals surface area contributed by atoms with E-state index in [1.165, 1.54) is 24.8 Å². The standard InChI is InChI=1S/C36H40N4O9S/c1-8-9-45-36(43)38-21-14-50-34-27-26(33-32(47-15-48-33)18(4)31(27)49-19(5)41)24(13-46-35(21)42)40-23(12-37)22-11-20-10-16(2)30(44-7)17(3)25(20)28(29(34)40)39(22)6/h8,10,21-24,28-29,34H,1,9,11,13-15H2,2-7H3,(H,38,43)/t21?,22-,23-,24-,28+,29?,34+/m0/s1. The van der Waals surface area contributed by atoms with E-state index >= 15 is 0 Å². The summed E-state index contributed by atoms with van der Waals surface area (Å²) < 4.78 is 35.2. The van der Waals surface area contributed by atoms with Crippen LogP contribution in [0.1, 0.15) is 63.2 Å². The van der Waals surface area contributed by atoms with Crippen molar-refractivity contribution in [3.05, 3.63) is 57.7 Å². The lowest BCUT2D eigenvalue weighted by molar-refractivity contribution is -0.151. The molecule has 6 aliphatic rings. The molecule has 4 bridgehead atoms. The van der Waals surface area contributed by atoms with Crippen LogP contribution in [0.4, 0.5) is 4.79 Å². The van der Waals surface area contributed by atoms with Crippen LogP contribution in [0.5, 0.6) is 23.0 Å². The molecule has 2 saturated heterocycles. The quantitative estimate of drug-likeness (QED) is 0.271. The van der Waals surface area contributed by atoms with Gasteiger partial charge >= 0.3 is 18.0 Å². The zero-order valence-electron chi connectivity index (χ0n) is 28.9. The van der Waals surface area contributed by atoms with Gasteiger partial charge in [0.25, 0.3) is 0 Å². The number of nitriles is 1. The largest absolute Gasteiger partial charge is 0.496 e. The molecule has 50 heavy (non-hydrogen) atoms. The van der Waals surface area contributed by atoms with Gasteiger partial charge in [0.15, 0.2) is 11.5 Å². The molecule has 2 unspecified atom stereocenters. The summed E-state index contributed by atoms with van der Waals surface area (Å²) >= 11 is 1.42. The lowest BCUT2D eigenvalue weighted by Crippen LogP contribution is -2.69. The number of hydrogen-bond donors (Lipinski definition) is 1. The van der Waals surface area contributed by atoms with E-state index in [0.717, 1.165) is 33.6 Å². The number of amides is 1. The zero-order chi connectivity index (χ0) is 35.6. The molecule has 0 spiro atoms. The second kappa shape index (κ2) is 13.0. The molecule has 8 rings (SSSR count). The first-order chi connectivity index (χ1) is 24.0. The van der Waals surface area contributed by atoms with E-state index < -0.39 is 47.4 Å². The van der Waals surface area contributed by atoms with Crippen LogP contribution in [0, 0.1) is 32.1 Å². The van der Waals surface area contributed by atoms with Crippen molar-refractivity contribution in [1.29, 1.82) is 5.26 Å². The maximum absolute atomic E-state index is 13.6. The summed E-state index contributed by atoms with van der Waals surface area (Å²) in [6.45, 7) is 10.6. The van der Waals surface area contributed by atoms with Gasteiger partial charge in [-0.15, -0.1) is 11.8 Å². The van der Waals surface area contributed by atoms with Crippen molar-refractivity contribution in [1.82, 2.24) is 15.1 Å². The summed E-state index contributed by atoms with van der Waals surface area (Å²) in [5.74, 6) is 1.04. The number of fused-ring (bicyclic) bond motifs is 10. The van der Waals surface area contributed by atoms with Crippen LogP contribution in [-0.4, -0.2) is 91.9 Å². The van der Waals surface area contributed by atoms with Gasteiger partial charge < -0.3 is 33.7 Å². The number of nitrogens with one attached hydrogen (secondary N) is 1. The third-order valence-electron chi connectivity index (χ3n) is 10.6. The Hall–Kier alpha value is -4.45. The third-order valence-corrected chi connectivity index (χ3v) is 12.0. The number of nitrogens with zero attached hydrogens (tertiary/aromatic N) is 3. The van der Waals surface area contributed by atoms with Crippen LogP contribution in [0.2, 0.25) is 0 Å². The molecule has 0 radical (unpaired) electrons. The Morgan fingerprint density at radius 2 is 1.90 bits per heavy atom. The van der Waals surface area contributed by atoms with E-state index in [2.05, 4.69) is 47.8 Å². The fourth-order valence-electron chi connectivity index (χ4n) is 8.72. The minimum atomic E-state index is -1.05. The van der Waals surface area contributed by atoms with Crippen LogP contribution in [0.15, 0.2) is 18.7 Å². The maximum Gasteiger partial charge on any atom is 0.408 e. The smallest absolute Gasteiger partial charge is 0.408 e. The van der Waals surface area contributed by atoms with E-state index in [1.54, 1.807) is 7.11 Å². The van der Waals surface area contributed by atoms with E-state index in [-0.39, 0.29) is 37.8 Å². The number of carbonyl (C=O) groups excluding carboxylic acids is 3. The van der Waals surface area contributed by atoms with Crippen molar-refractivity contribution >= 4 is 29.8 Å². The number of hydrogen-bond acceptors (Lipinski definition) is 13. The van der Waals surface area contributed by atoms with Crippen molar-refractivity contribution in [2.75, 3.05) is 39.9 Å². The number of carbonyl (C=O) groups is 3. The van der Waals surface area contributed by atoms with Crippen LogP contribution in [0.3, 0.4) is 0 Å². The number of alkyl carbamates (subject to hydrolysis) is 1. The Bertz CT molecular complexity index is 1840. The predicted octanol–water partition coefficient (Wildman–Crippen LogP) is 4.12. The number of likely N-dealkylation sites (N-methyl/N-ethyl adjacent to an activating group) is 1. The van der Waals surface area contributed by atoms with Gasteiger partial charge in [0.2, 0.25) is 6.79 Å². The SMILES string of the molecule is C=CCOC(=O)NC1CS[C@@H]2c3c(OC(C)=O)c(C)c4c(c3[C@H](COC1=O)N1C2[C@H]2c3c(cc(C)c(OC)c3C)C[C@@H]([C@@H]1C#N)N2C)OCO4. The molecule has 13 nitrogen and oxygen atoms in total. The Balaban J connectivity index is 1.49. The van der Waals surface area contributed by atoms with Crippen molar-refractivity contribution in [3.63, 3.8) is 0 Å². The number of piperazine rings is 1. The fraction of sp³-hybridized carbons (Fsp3) is 0.500. The summed E-state index contributed by atoms with van der Waals surface area (Å²) in [5, 5.41) is 13.2. The Labute approximate surface area is 294 Å². The predicted molar refractivity (Wildman–Crippen MR) is 181 cm³/mol. The van der Waals surface area contributed by atoms with Crippen molar-refractivity contribution < 1.29 is 42.8 Å². The molecule has 6 aliphatic heterocycles. The minimum Gasteiger partial charge on any atom is -0.496 e. The topological polar surface area (TPSA) is 149 Å². The Kier molecular flexibility index (Phi) is 8.86. The van der Waals surface area contributed by atoms with Crippen LogP contribution in [-0.2, 0) is 25.5 Å². The first-order valence-electron chi connectivity index (χ1n) is 16.5. The molecule has 2 aromatic rings. The molecule has 1 amide bonds. The van der Waals surface area contributed by atoms with Crippen molar-refractivity contribution in [3.8, 4) is 29.1 Å². The zero-order valence-corrected chi connectivity index (χ0v) is 29.7. The summed E-state index contributed by atoms with van der Waals surface area (Å²) in [4.78, 5) is 43.5. The van der Waals surface area contributed by atoms with Gasteiger partial charge in [-0.1, -0.05) is 18.7 Å². The first-order valence-corrected chi connectivity index (χ1v) is 17.6. The monoisotopic (exact) mass is 704 g/mol. The lowest BCUT2D eigenvalue weighted by atomic mass is 9.70. The molecular weight excluding hydrogens is 664 g/mol. The summed E-state index contributed by atoms with van der Waals surface area (Å²) in [7, 11) is 3.73. The summed E-state index contributed by atoms with van der Waals surface area (Å²) in [5.41, 5.74) is 6.31. The highest BCUT2D eigenvalue weighted by atomic mass is 32.2. The van der Waals surface area contributed by atoms with Gasteiger partial charge in [-0.25, -0.2) is 9.59 Å². The van der Waals surface area contributed by atoms with Crippen molar-refractivity contribution in [2.24, 2.45) is 0 Å². The van der Waals surface area contributed by atoms with E-state index in [0.29, 0.717) is 34.8 Å². The highest BCUT2D eigenvalue weighted by molar-refractivity contribution is 7.99. The number of esters is 2. The van der Waals surface area contributed by atoms with E-state index in [1.807, 2.05) is 13.8 Å². The van der Waals surface area contributed by atoms with Gasteiger partial charge in [-0.05, 0) is 56.5 Å². The van der Waals surface area contributed by atoms with E-state index in [9.17, 15) is 19.6 Å². The second-order valence-electron chi connectivity index (χ2n) is 13.2. The lowest BCUT2D eigenvalue weighted by Gasteiger charge is -2.62. The number of methoxy groups -OCH3 is 1. The highest BCUT2D eigenvalue weighted by Crippen LogP contribution is 2.63. The van der Waals surface area contributed by atoms with Gasteiger partial charge in [-0.2, -0.15) is 5.26 Å². The van der Waals surface area contributed by atoms with Crippen LogP contribution in [0.25, 0.3) is 0 Å². The molecule has 0 saturated carbocycles. The summed E-state index contributed by atoms with van der Waals surface area (Å²) in [6.07, 6.45) is 1.29. The molecule has 7 atom stereocenters. The molecular formula is C36H40N4O9S. The fourth-order valence-corrected chi connectivity index (χ4v) is 10.2. The molecule has 264 valence electrons. The third kappa shape index (κ3) is 5.17. The number of benzene rings is 2. The normalized spacial score (nSPS) is 27.9. The maximum atomic E-state index is 13.6. The molecule has 0 aliphatic carbocycles. The average molecular weight is 705 g/mol. The molecule has 2 fully saturated rings. The van der Waals surface area contributed by atoms with Crippen LogP contribution >= 0.6 is 11.8 Å². The van der Waals surface area contributed by atoms with Crippen molar-refractivity contribution in [2.45, 2.75) is 75.6 Å². The van der Waals surface area contributed by atoms with Gasteiger partial charge in [0.05, 0.1) is 30.5 Å².